The van der Waals surface area contributed by atoms with Crippen LogP contribution in [0, 0.1) is 0 Å². The van der Waals surface area contributed by atoms with Gasteiger partial charge in [0.2, 0.25) is 0 Å². The van der Waals surface area contributed by atoms with Crippen molar-refractivity contribution in [3.05, 3.63) is 23.8 Å². The van der Waals surface area contributed by atoms with Crippen LogP contribution >= 0.6 is 0 Å². The summed E-state index contributed by atoms with van der Waals surface area (Å²) in [7, 11) is 1.62. The van der Waals surface area contributed by atoms with Gasteiger partial charge < -0.3 is 24.8 Å². The molecule has 7 heteroatoms. The summed E-state index contributed by atoms with van der Waals surface area (Å²) < 4.78 is 11.7. The molecule has 0 aromatic heterocycles. The molecular weight excluding hydrogens is 382 g/mol. The van der Waals surface area contributed by atoms with Crippen molar-refractivity contribution >= 4 is 5.91 Å². The quantitative estimate of drug-likeness (QED) is 0.673. The van der Waals surface area contributed by atoms with Crippen LogP contribution < -0.4 is 14.8 Å². The van der Waals surface area contributed by atoms with Gasteiger partial charge in [0, 0.05) is 44.3 Å². The van der Waals surface area contributed by atoms with Gasteiger partial charge in [-0.05, 0) is 64.3 Å². The van der Waals surface area contributed by atoms with Crippen molar-refractivity contribution < 1.29 is 19.4 Å². The largest absolute Gasteiger partial charge is 0.493 e. The molecule has 0 saturated carbocycles. The molecule has 1 aromatic rings. The Morgan fingerprint density at radius 1 is 1.20 bits per heavy atom. The number of methoxy groups -OCH3 is 1. The number of carbonyl (C=O) groups excluding carboxylic acids is 1. The number of nitrogens with zero attached hydrogens (tertiary/aromatic N) is 2. The highest BCUT2D eigenvalue weighted by molar-refractivity contribution is 5.94. The molecule has 0 spiro atoms. The van der Waals surface area contributed by atoms with E-state index in [1.54, 1.807) is 25.3 Å². The maximum absolute atomic E-state index is 12.6. The number of nitrogens with one attached hydrogen (secondary N) is 1. The molecule has 2 N–H and O–H groups in total. The van der Waals surface area contributed by atoms with E-state index in [4.69, 9.17) is 9.47 Å². The Labute approximate surface area is 180 Å². The molecule has 1 unspecified atom stereocenters. The number of carbonyl (C=O) groups is 1. The van der Waals surface area contributed by atoms with E-state index >= 15 is 0 Å². The van der Waals surface area contributed by atoms with Crippen molar-refractivity contribution in [3.8, 4) is 11.5 Å². The van der Waals surface area contributed by atoms with Gasteiger partial charge in [0.25, 0.3) is 5.91 Å². The summed E-state index contributed by atoms with van der Waals surface area (Å²) in [5.41, 5.74) is 0.573. The van der Waals surface area contributed by atoms with Crippen LogP contribution in [-0.2, 0) is 0 Å². The van der Waals surface area contributed by atoms with Crippen LogP contribution in [-0.4, -0.2) is 85.4 Å². The number of hydrogen-bond acceptors (Lipinski definition) is 6. The third kappa shape index (κ3) is 6.33. The van der Waals surface area contributed by atoms with E-state index in [1.807, 2.05) is 0 Å². The summed E-state index contributed by atoms with van der Waals surface area (Å²) in [6.45, 7) is 9.46. The highest BCUT2D eigenvalue weighted by Gasteiger charge is 2.23. The van der Waals surface area contributed by atoms with Crippen LogP contribution in [0.3, 0.4) is 0 Å². The normalized spacial score (nSPS) is 21.6. The fraction of sp³-hybridized carbons (Fsp3) is 0.696. The monoisotopic (exact) mass is 419 g/mol. The topological polar surface area (TPSA) is 74.3 Å². The second kappa shape index (κ2) is 11.0. The molecule has 168 valence electrons. The Kier molecular flexibility index (Phi) is 8.36. The molecule has 30 heavy (non-hydrogen) atoms. The number of likely N-dealkylation sites (tertiary alicyclic amines) is 2. The highest BCUT2D eigenvalue weighted by atomic mass is 16.5. The Hall–Kier alpha value is -1.83. The van der Waals surface area contributed by atoms with Crippen LogP contribution in [0.15, 0.2) is 18.2 Å². The van der Waals surface area contributed by atoms with Crippen LogP contribution in [0.2, 0.25) is 0 Å². The van der Waals surface area contributed by atoms with E-state index in [2.05, 4.69) is 29.0 Å². The molecular formula is C23H37N3O4. The zero-order valence-corrected chi connectivity index (χ0v) is 18.6. The standard InChI is InChI=1S/C23H37N3O4/c1-17(2)26-12-8-20(9-13-26)30-22-15-18(6-7-21(22)29-3)23(28)24-10-14-25-11-4-5-19(27)16-25/h6-7,15,17,19-20,27H,4-5,8-14,16H2,1-3H3,(H,24,28). The van der Waals surface area contributed by atoms with E-state index in [9.17, 15) is 9.90 Å². The average Bonchev–Trinajstić information content (AvgIpc) is 2.74. The first-order valence-electron chi connectivity index (χ1n) is 11.2. The number of piperidine rings is 2. The zero-order chi connectivity index (χ0) is 21.5. The number of ether oxygens (including phenoxy) is 2. The van der Waals surface area contributed by atoms with Crippen molar-refractivity contribution in [2.24, 2.45) is 0 Å². The van der Waals surface area contributed by atoms with E-state index < -0.39 is 0 Å². The predicted octanol–water partition coefficient (Wildman–Crippen LogP) is 2.13. The van der Waals surface area contributed by atoms with Gasteiger partial charge in [-0.2, -0.15) is 0 Å². The Balaban J connectivity index is 1.53. The number of hydrogen-bond donors (Lipinski definition) is 2. The highest BCUT2D eigenvalue weighted by Crippen LogP contribution is 2.31. The lowest BCUT2D eigenvalue weighted by molar-refractivity contribution is 0.0702. The van der Waals surface area contributed by atoms with Gasteiger partial charge in [-0.1, -0.05) is 0 Å². The lowest BCUT2D eigenvalue weighted by atomic mass is 10.1. The fourth-order valence-corrected chi connectivity index (χ4v) is 4.26. The number of benzene rings is 1. The Morgan fingerprint density at radius 3 is 2.63 bits per heavy atom. The second-order valence-electron chi connectivity index (χ2n) is 8.67. The van der Waals surface area contributed by atoms with Gasteiger partial charge in [-0.15, -0.1) is 0 Å². The SMILES string of the molecule is COc1ccc(C(=O)NCCN2CCCC(O)C2)cc1OC1CCN(C(C)C)CC1. The number of aliphatic hydroxyl groups excluding tert-OH is 1. The lowest BCUT2D eigenvalue weighted by Crippen LogP contribution is -2.42. The van der Waals surface area contributed by atoms with Gasteiger partial charge in [0.05, 0.1) is 13.2 Å². The van der Waals surface area contributed by atoms with Crippen molar-refractivity contribution in [2.45, 2.75) is 57.8 Å². The zero-order valence-electron chi connectivity index (χ0n) is 18.6. The van der Waals surface area contributed by atoms with E-state index in [0.717, 1.165) is 51.9 Å². The van der Waals surface area contributed by atoms with Crippen molar-refractivity contribution in [1.29, 1.82) is 0 Å². The van der Waals surface area contributed by atoms with E-state index in [0.29, 0.717) is 36.2 Å². The molecule has 7 nitrogen and oxygen atoms in total. The summed E-state index contributed by atoms with van der Waals surface area (Å²) in [5, 5.41) is 12.7. The number of aliphatic hydroxyl groups is 1. The van der Waals surface area contributed by atoms with Gasteiger partial charge in [0.15, 0.2) is 11.5 Å². The summed E-state index contributed by atoms with van der Waals surface area (Å²) in [6.07, 6.45) is 3.71. The summed E-state index contributed by atoms with van der Waals surface area (Å²) in [4.78, 5) is 17.3. The molecule has 0 bridgehead atoms. The van der Waals surface area contributed by atoms with Crippen LogP contribution in [0.1, 0.15) is 49.9 Å². The van der Waals surface area contributed by atoms with Crippen molar-refractivity contribution in [1.82, 2.24) is 15.1 Å². The molecule has 2 saturated heterocycles. The average molecular weight is 420 g/mol. The molecule has 2 fully saturated rings. The van der Waals surface area contributed by atoms with Crippen LogP contribution in [0.25, 0.3) is 0 Å². The minimum Gasteiger partial charge on any atom is -0.493 e. The number of rotatable bonds is 8. The Morgan fingerprint density at radius 2 is 1.97 bits per heavy atom. The molecule has 2 heterocycles. The smallest absolute Gasteiger partial charge is 0.251 e. The van der Waals surface area contributed by atoms with Gasteiger partial charge in [0.1, 0.15) is 6.10 Å². The Bertz CT molecular complexity index is 689. The predicted molar refractivity (Wildman–Crippen MR) is 117 cm³/mol. The summed E-state index contributed by atoms with van der Waals surface area (Å²) >= 11 is 0. The molecule has 2 aliphatic heterocycles. The fourth-order valence-electron chi connectivity index (χ4n) is 4.26. The number of amides is 1. The third-order valence-corrected chi connectivity index (χ3v) is 6.12. The molecule has 1 amide bonds. The maximum atomic E-state index is 12.6. The molecule has 1 aromatic carbocycles. The first-order chi connectivity index (χ1) is 14.5. The minimum atomic E-state index is -0.247. The molecule has 0 aliphatic carbocycles. The van der Waals surface area contributed by atoms with E-state index in [1.165, 1.54) is 0 Å². The first-order valence-corrected chi connectivity index (χ1v) is 11.2. The minimum absolute atomic E-state index is 0.116. The van der Waals surface area contributed by atoms with E-state index in [-0.39, 0.29) is 18.1 Å². The van der Waals surface area contributed by atoms with Gasteiger partial charge in [-0.3, -0.25) is 9.69 Å². The number of β-amino-alcohol motifs (C(OH)–C–C–N with tert-alkyl or cyclic N) is 1. The van der Waals surface area contributed by atoms with Gasteiger partial charge >= 0.3 is 0 Å². The molecule has 1 atom stereocenters. The maximum Gasteiger partial charge on any atom is 0.251 e. The lowest BCUT2D eigenvalue weighted by Gasteiger charge is -2.34. The van der Waals surface area contributed by atoms with Crippen LogP contribution in [0.4, 0.5) is 0 Å². The third-order valence-electron chi connectivity index (χ3n) is 6.12. The first kappa shape index (κ1) is 22.8. The summed E-state index contributed by atoms with van der Waals surface area (Å²) in [6, 6.07) is 5.91. The molecule has 0 radical (unpaired) electrons. The van der Waals surface area contributed by atoms with Crippen LogP contribution in [0.5, 0.6) is 11.5 Å². The molecule has 3 rings (SSSR count). The van der Waals surface area contributed by atoms with Crippen molar-refractivity contribution in [3.63, 3.8) is 0 Å². The van der Waals surface area contributed by atoms with Gasteiger partial charge in [-0.25, -0.2) is 0 Å². The van der Waals surface area contributed by atoms with Crippen molar-refractivity contribution in [2.75, 3.05) is 46.4 Å². The molecule has 2 aliphatic rings. The second-order valence-corrected chi connectivity index (χ2v) is 8.67. The summed E-state index contributed by atoms with van der Waals surface area (Å²) in [5.74, 6) is 1.17.